The van der Waals surface area contributed by atoms with Crippen molar-refractivity contribution in [2.24, 2.45) is 0 Å². The van der Waals surface area contributed by atoms with Gasteiger partial charge < -0.3 is 10.4 Å². The average molecular weight is 302 g/mol. The highest BCUT2D eigenvalue weighted by Crippen LogP contribution is 2.17. The van der Waals surface area contributed by atoms with Gasteiger partial charge in [-0.3, -0.25) is 4.79 Å². The number of nitrogens with one attached hydrogen (secondary N) is 1. The van der Waals surface area contributed by atoms with Crippen LogP contribution in [0.4, 0.5) is 0 Å². The molecule has 1 aromatic carbocycles. The fourth-order valence-electron chi connectivity index (χ4n) is 2.01. The molecule has 1 aromatic heterocycles. The number of hydrogen-bond acceptors (Lipinski definition) is 4. The maximum absolute atomic E-state index is 12.3. The van der Waals surface area contributed by atoms with E-state index in [-0.39, 0.29) is 18.6 Å². The molecule has 0 saturated carbocycles. The lowest BCUT2D eigenvalue weighted by Gasteiger charge is -2.18. The number of nitrogens with zero attached hydrogens (tertiary/aromatic N) is 1. The Bertz CT molecular complexity index is 573. The number of carbonyl (C=O) groups is 1. The highest BCUT2D eigenvalue weighted by atomic mass is 32.2. The summed E-state index contributed by atoms with van der Waals surface area (Å²) in [5.41, 5.74) is 1.50. The average Bonchev–Trinajstić information content (AvgIpc) is 2.55. The van der Waals surface area contributed by atoms with Gasteiger partial charge in [-0.15, -0.1) is 11.8 Å². The molecule has 0 fully saturated rings. The van der Waals surface area contributed by atoms with Crippen LogP contribution in [0.3, 0.4) is 0 Å². The van der Waals surface area contributed by atoms with E-state index in [0.717, 1.165) is 10.6 Å². The predicted octanol–water partition coefficient (Wildman–Crippen LogP) is 2.66. The molecule has 0 saturated heterocycles. The summed E-state index contributed by atoms with van der Waals surface area (Å²) in [4.78, 5) is 16.5. The first-order valence-corrected chi connectivity index (χ1v) is 7.93. The van der Waals surface area contributed by atoms with Crippen molar-refractivity contribution >= 4 is 17.7 Å². The lowest BCUT2D eigenvalue weighted by atomic mass is 10.0. The molecule has 4 nitrogen and oxygen atoms in total. The first-order chi connectivity index (χ1) is 10.2. The van der Waals surface area contributed by atoms with E-state index in [1.165, 1.54) is 11.8 Å². The van der Waals surface area contributed by atoms with Gasteiger partial charge in [-0.05, 0) is 30.4 Å². The third-order valence-electron chi connectivity index (χ3n) is 3.13. The maximum atomic E-state index is 12.3. The summed E-state index contributed by atoms with van der Waals surface area (Å²) in [6.07, 6.45) is 3.99. The molecular weight excluding hydrogens is 284 g/mol. The van der Waals surface area contributed by atoms with Gasteiger partial charge in [-0.1, -0.05) is 30.3 Å². The second-order valence-corrected chi connectivity index (χ2v) is 5.36. The molecule has 0 bridgehead atoms. The van der Waals surface area contributed by atoms with Crippen LogP contribution in [0.2, 0.25) is 0 Å². The summed E-state index contributed by atoms with van der Waals surface area (Å²) >= 11 is 1.53. The fraction of sp³-hybridized carbons (Fsp3) is 0.250. The van der Waals surface area contributed by atoms with Gasteiger partial charge in [0.15, 0.2) is 0 Å². The fourth-order valence-corrected chi connectivity index (χ4v) is 2.38. The van der Waals surface area contributed by atoms with Gasteiger partial charge >= 0.3 is 0 Å². The molecule has 21 heavy (non-hydrogen) atoms. The zero-order chi connectivity index (χ0) is 15.1. The number of aliphatic hydroxyl groups is 1. The summed E-state index contributed by atoms with van der Waals surface area (Å²) in [6, 6.07) is 13.0. The van der Waals surface area contributed by atoms with Crippen molar-refractivity contribution in [3.05, 3.63) is 59.8 Å². The normalized spacial score (nSPS) is 11.9. The van der Waals surface area contributed by atoms with Crippen molar-refractivity contribution in [3.8, 4) is 0 Å². The minimum atomic E-state index is -0.205. The first kappa shape index (κ1) is 15.5. The monoisotopic (exact) mass is 302 g/mol. The number of aromatic nitrogens is 1. The largest absolute Gasteiger partial charge is 0.396 e. The van der Waals surface area contributed by atoms with Crippen LogP contribution in [0.1, 0.15) is 28.4 Å². The number of amides is 1. The Morgan fingerprint density at radius 1 is 1.29 bits per heavy atom. The van der Waals surface area contributed by atoms with Crippen LogP contribution in [-0.4, -0.2) is 28.9 Å². The molecule has 2 N–H and O–H groups in total. The van der Waals surface area contributed by atoms with Crippen LogP contribution in [-0.2, 0) is 0 Å². The third kappa shape index (κ3) is 4.31. The van der Waals surface area contributed by atoms with E-state index in [0.29, 0.717) is 12.0 Å². The van der Waals surface area contributed by atoms with Gasteiger partial charge in [0.1, 0.15) is 0 Å². The summed E-state index contributed by atoms with van der Waals surface area (Å²) in [6.45, 7) is 0.0174. The highest BCUT2D eigenvalue weighted by Gasteiger charge is 2.15. The van der Waals surface area contributed by atoms with Crippen molar-refractivity contribution in [2.75, 3.05) is 12.9 Å². The molecule has 2 rings (SSSR count). The van der Waals surface area contributed by atoms with Crippen molar-refractivity contribution in [1.82, 2.24) is 10.3 Å². The quantitative estimate of drug-likeness (QED) is 0.805. The van der Waals surface area contributed by atoms with Crippen LogP contribution < -0.4 is 5.32 Å². The van der Waals surface area contributed by atoms with E-state index >= 15 is 0 Å². The second-order valence-electron chi connectivity index (χ2n) is 4.54. The number of benzene rings is 1. The van der Waals surface area contributed by atoms with E-state index < -0.39 is 0 Å². The van der Waals surface area contributed by atoms with Gasteiger partial charge in [0, 0.05) is 12.8 Å². The Kier molecular flexibility index (Phi) is 5.78. The third-order valence-corrected chi connectivity index (χ3v) is 3.79. The Morgan fingerprint density at radius 2 is 2.05 bits per heavy atom. The molecule has 0 radical (unpaired) electrons. The van der Waals surface area contributed by atoms with Gasteiger partial charge in [0.2, 0.25) is 0 Å². The molecular formula is C16H18N2O2S. The van der Waals surface area contributed by atoms with E-state index in [1.807, 2.05) is 42.7 Å². The van der Waals surface area contributed by atoms with Crippen LogP contribution in [0.25, 0.3) is 0 Å². The smallest absolute Gasteiger partial charge is 0.253 e. The topological polar surface area (TPSA) is 62.2 Å². The minimum absolute atomic E-state index is 0.0174. The predicted molar refractivity (Wildman–Crippen MR) is 84.4 cm³/mol. The SMILES string of the molecule is CSc1ccc(C(=O)NC(CCO)c2ccccc2)cn1. The van der Waals surface area contributed by atoms with Crippen LogP contribution in [0.15, 0.2) is 53.7 Å². The minimum Gasteiger partial charge on any atom is -0.396 e. The summed E-state index contributed by atoms with van der Waals surface area (Å²) in [5, 5.41) is 13.0. The Labute approximate surface area is 128 Å². The molecule has 110 valence electrons. The summed E-state index contributed by atoms with van der Waals surface area (Å²) in [7, 11) is 0. The molecule has 0 aliphatic carbocycles. The second kappa shape index (κ2) is 7.81. The molecule has 1 amide bonds. The molecule has 0 aliphatic rings. The van der Waals surface area contributed by atoms with Crippen molar-refractivity contribution < 1.29 is 9.90 Å². The summed E-state index contributed by atoms with van der Waals surface area (Å²) < 4.78 is 0. The standard InChI is InChI=1S/C16H18N2O2S/c1-21-15-8-7-13(11-17-15)16(20)18-14(9-10-19)12-5-3-2-4-6-12/h2-8,11,14,19H,9-10H2,1H3,(H,18,20). The molecule has 0 spiro atoms. The first-order valence-electron chi connectivity index (χ1n) is 6.71. The molecule has 5 heteroatoms. The number of hydrogen-bond donors (Lipinski definition) is 2. The maximum Gasteiger partial charge on any atom is 0.253 e. The van der Waals surface area contributed by atoms with Gasteiger partial charge in [-0.25, -0.2) is 4.98 Å². The van der Waals surface area contributed by atoms with Gasteiger partial charge in [0.05, 0.1) is 16.6 Å². The zero-order valence-corrected chi connectivity index (χ0v) is 12.6. The van der Waals surface area contributed by atoms with Gasteiger partial charge in [-0.2, -0.15) is 0 Å². The Balaban J connectivity index is 2.10. The van der Waals surface area contributed by atoms with E-state index in [4.69, 9.17) is 0 Å². The molecule has 1 heterocycles. The molecule has 2 aromatic rings. The number of pyridine rings is 1. The molecule has 1 atom stereocenters. The lowest BCUT2D eigenvalue weighted by molar-refractivity contribution is 0.0929. The van der Waals surface area contributed by atoms with E-state index in [2.05, 4.69) is 10.3 Å². The highest BCUT2D eigenvalue weighted by molar-refractivity contribution is 7.98. The van der Waals surface area contributed by atoms with Crippen molar-refractivity contribution in [1.29, 1.82) is 0 Å². The van der Waals surface area contributed by atoms with E-state index in [9.17, 15) is 9.90 Å². The zero-order valence-electron chi connectivity index (χ0n) is 11.8. The van der Waals surface area contributed by atoms with Crippen LogP contribution >= 0.6 is 11.8 Å². The summed E-state index contributed by atoms with van der Waals surface area (Å²) in [5.74, 6) is -0.183. The van der Waals surface area contributed by atoms with Crippen molar-refractivity contribution in [2.45, 2.75) is 17.5 Å². The number of thioether (sulfide) groups is 1. The number of carbonyl (C=O) groups excluding carboxylic acids is 1. The Morgan fingerprint density at radius 3 is 2.62 bits per heavy atom. The van der Waals surface area contributed by atoms with Crippen molar-refractivity contribution in [3.63, 3.8) is 0 Å². The molecule has 1 unspecified atom stereocenters. The van der Waals surface area contributed by atoms with Crippen LogP contribution in [0.5, 0.6) is 0 Å². The number of rotatable bonds is 6. The van der Waals surface area contributed by atoms with Crippen LogP contribution in [0, 0.1) is 0 Å². The van der Waals surface area contributed by atoms with Gasteiger partial charge in [0.25, 0.3) is 5.91 Å². The van der Waals surface area contributed by atoms with E-state index in [1.54, 1.807) is 12.3 Å². The Hall–Kier alpha value is -1.85. The number of aliphatic hydroxyl groups excluding tert-OH is 1. The lowest BCUT2D eigenvalue weighted by Crippen LogP contribution is -2.29. The molecule has 0 aliphatic heterocycles.